The monoisotopic (exact) mass is 344 g/mol. The van der Waals surface area contributed by atoms with Gasteiger partial charge in [-0.05, 0) is 36.2 Å². The van der Waals surface area contributed by atoms with Crippen molar-refractivity contribution in [3.05, 3.63) is 50.7 Å². The normalized spacial score (nSPS) is 11.5. The lowest BCUT2D eigenvalue weighted by Crippen LogP contribution is -2.09. The van der Waals surface area contributed by atoms with Crippen LogP contribution in [0.3, 0.4) is 0 Å². The third-order valence-electron chi connectivity index (χ3n) is 2.99. The number of carboxylic acids is 1. The first-order valence-corrected chi connectivity index (χ1v) is 9.01. The predicted molar refractivity (Wildman–Crippen MR) is 83.0 cm³/mol. The highest BCUT2D eigenvalue weighted by atomic mass is 35.5. The Labute approximate surface area is 131 Å². The molecule has 0 saturated carbocycles. The van der Waals surface area contributed by atoms with Gasteiger partial charge in [0.25, 0.3) is 0 Å². The van der Waals surface area contributed by atoms with Gasteiger partial charge >= 0.3 is 5.97 Å². The molecule has 2 aromatic rings. The second kappa shape index (κ2) is 6.17. The Balaban J connectivity index is 2.47. The summed E-state index contributed by atoms with van der Waals surface area (Å²) in [5, 5.41) is 9.02. The van der Waals surface area contributed by atoms with E-state index in [0.717, 1.165) is 0 Å². The summed E-state index contributed by atoms with van der Waals surface area (Å²) in [5.74, 6) is -1.33. The first-order chi connectivity index (χ1) is 9.83. The Morgan fingerprint density at radius 1 is 1.29 bits per heavy atom. The van der Waals surface area contributed by atoms with Crippen molar-refractivity contribution < 1.29 is 18.3 Å². The fourth-order valence-corrected chi connectivity index (χ4v) is 5.09. The highest BCUT2D eigenvalue weighted by Crippen LogP contribution is 2.27. The molecule has 0 atom stereocenters. The zero-order chi connectivity index (χ0) is 15.6. The van der Waals surface area contributed by atoms with Crippen molar-refractivity contribution in [1.29, 1.82) is 0 Å². The Bertz CT molecular complexity index is 778. The number of aromatic carboxylic acids is 1. The first-order valence-electron chi connectivity index (χ1n) is 6.16. The van der Waals surface area contributed by atoms with Crippen LogP contribution < -0.4 is 0 Å². The summed E-state index contributed by atoms with van der Waals surface area (Å²) < 4.78 is 25.6. The van der Waals surface area contributed by atoms with Crippen LogP contribution in [0.15, 0.2) is 35.2 Å². The Kier molecular flexibility index (Phi) is 4.70. The molecule has 0 amide bonds. The average Bonchev–Trinajstić information content (AvgIpc) is 2.82. The molecule has 4 nitrogen and oxygen atoms in total. The summed E-state index contributed by atoms with van der Waals surface area (Å²) in [7, 11) is -3.61. The molecule has 0 spiro atoms. The molecule has 0 unspecified atom stereocenters. The summed E-state index contributed by atoms with van der Waals surface area (Å²) in [5.41, 5.74) is 0.581. The molecule has 1 aromatic heterocycles. The molecule has 0 bridgehead atoms. The molecule has 0 radical (unpaired) electrons. The van der Waals surface area contributed by atoms with E-state index in [1.807, 2.05) is 6.92 Å². The third-order valence-corrected chi connectivity index (χ3v) is 6.15. The summed E-state index contributed by atoms with van der Waals surface area (Å²) in [6, 6.07) is 7.51. The summed E-state index contributed by atoms with van der Waals surface area (Å²) in [4.78, 5) is 11.7. The number of carboxylic acid groups (broad SMARTS) is 1. The zero-order valence-electron chi connectivity index (χ0n) is 11.2. The third kappa shape index (κ3) is 3.64. The maximum atomic E-state index is 12.5. The van der Waals surface area contributed by atoms with Gasteiger partial charge in [0.15, 0.2) is 9.84 Å². The van der Waals surface area contributed by atoms with Crippen molar-refractivity contribution in [3.8, 4) is 0 Å². The van der Waals surface area contributed by atoms with Crippen molar-refractivity contribution in [2.75, 3.05) is 0 Å². The molecule has 21 heavy (non-hydrogen) atoms. The molecule has 1 heterocycles. The molecular formula is C14H13ClO4S2. The maximum absolute atomic E-state index is 12.5. The smallest absolute Gasteiger partial charge is 0.335 e. The second-order valence-corrected chi connectivity index (χ2v) is 8.20. The molecule has 0 aliphatic rings. The van der Waals surface area contributed by atoms with E-state index in [1.165, 1.54) is 23.5 Å². The highest BCUT2D eigenvalue weighted by Gasteiger charge is 2.21. The van der Waals surface area contributed by atoms with Crippen LogP contribution in [0.25, 0.3) is 0 Å². The number of hydrogen-bond donors (Lipinski definition) is 1. The lowest BCUT2D eigenvalue weighted by Gasteiger charge is -2.09. The van der Waals surface area contributed by atoms with Gasteiger partial charge in [0, 0.05) is 4.88 Å². The summed E-state index contributed by atoms with van der Waals surface area (Å²) >= 11 is 7.01. The van der Waals surface area contributed by atoms with Crippen LogP contribution in [0, 0.1) is 0 Å². The van der Waals surface area contributed by atoms with E-state index in [9.17, 15) is 13.2 Å². The number of halogens is 1. The van der Waals surface area contributed by atoms with E-state index in [-0.39, 0.29) is 16.2 Å². The number of rotatable bonds is 5. The molecule has 0 aliphatic heterocycles. The van der Waals surface area contributed by atoms with Crippen LogP contribution in [0.4, 0.5) is 0 Å². The molecule has 1 aromatic carbocycles. The Morgan fingerprint density at radius 2 is 2.00 bits per heavy atom. The molecule has 0 fully saturated rings. The Hall–Kier alpha value is -1.37. The Morgan fingerprint density at radius 3 is 2.52 bits per heavy atom. The molecule has 1 N–H and O–H groups in total. The van der Waals surface area contributed by atoms with Crippen molar-refractivity contribution in [2.45, 2.75) is 24.0 Å². The van der Waals surface area contributed by atoms with E-state index in [4.69, 9.17) is 16.7 Å². The van der Waals surface area contributed by atoms with Crippen LogP contribution in [-0.4, -0.2) is 19.5 Å². The minimum atomic E-state index is -3.61. The number of benzene rings is 1. The minimum Gasteiger partial charge on any atom is -0.478 e. The van der Waals surface area contributed by atoms with Gasteiger partial charge in [0.1, 0.15) is 0 Å². The molecule has 112 valence electrons. The van der Waals surface area contributed by atoms with Crippen LogP contribution in [0.1, 0.15) is 27.7 Å². The van der Waals surface area contributed by atoms with Crippen molar-refractivity contribution in [3.63, 3.8) is 0 Å². The van der Waals surface area contributed by atoms with Gasteiger partial charge in [-0.25, -0.2) is 13.2 Å². The quantitative estimate of drug-likeness (QED) is 0.898. The molecule has 2 rings (SSSR count). The molecular weight excluding hydrogens is 332 g/mol. The van der Waals surface area contributed by atoms with E-state index in [1.54, 1.807) is 18.2 Å². The van der Waals surface area contributed by atoms with Crippen LogP contribution in [0.5, 0.6) is 0 Å². The zero-order valence-corrected chi connectivity index (χ0v) is 13.6. The number of thiophene rings is 1. The number of sulfone groups is 1. The van der Waals surface area contributed by atoms with Gasteiger partial charge in [-0.1, -0.05) is 24.6 Å². The van der Waals surface area contributed by atoms with Crippen LogP contribution in [-0.2, 0) is 22.0 Å². The van der Waals surface area contributed by atoms with Gasteiger partial charge in [0.2, 0.25) is 0 Å². The number of hydrogen-bond acceptors (Lipinski definition) is 4. The van der Waals surface area contributed by atoms with Crippen LogP contribution in [0.2, 0.25) is 4.34 Å². The summed E-state index contributed by atoms with van der Waals surface area (Å²) in [6.45, 7) is 1.83. The van der Waals surface area contributed by atoms with Gasteiger partial charge in [-0.3, -0.25) is 0 Å². The average molecular weight is 345 g/mol. The van der Waals surface area contributed by atoms with Gasteiger partial charge in [-0.15, -0.1) is 11.3 Å². The predicted octanol–water partition coefficient (Wildman–Crippen LogP) is 3.64. The van der Waals surface area contributed by atoms with Gasteiger partial charge < -0.3 is 5.11 Å². The van der Waals surface area contributed by atoms with Gasteiger partial charge in [-0.2, -0.15) is 0 Å². The largest absolute Gasteiger partial charge is 0.478 e. The number of carbonyl (C=O) groups is 1. The lowest BCUT2D eigenvalue weighted by atomic mass is 10.1. The fourth-order valence-electron chi connectivity index (χ4n) is 1.96. The van der Waals surface area contributed by atoms with Crippen LogP contribution >= 0.6 is 22.9 Å². The highest BCUT2D eigenvalue weighted by molar-refractivity contribution is 7.90. The van der Waals surface area contributed by atoms with Crippen molar-refractivity contribution in [1.82, 2.24) is 0 Å². The van der Waals surface area contributed by atoms with E-state index >= 15 is 0 Å². The first kappa shape index (κ1) is 16.0. The minimum absolute atomic E-state index is 0.0324. The second-order valence-electron chi connectivity index (χ2n) is 4.45. The lowest BCUT2D eigenvalue weighted by molar-refractivity contribution is 0.0696. The standard InChI is InChI=1S/C14H13ClO4S2/c1-2-9-3-4-10(14(16)17)7-12(9)21(18,19)8-11-5-6-13(15)20-11/h3-7H,2,8H2,1H3,(H,16,17). The van der Waals surface area contributed by atoms with E-state index in [0.29, 0.717) is 21.2 Å². The van der Waals surface area contributed by atoms with Crippen molar-refractivity contribution >= 4 is 38.7 Å². The summed E-state index contributed by atoms with van der Waals surface area (Å²) in [6.07, 6.45) is 0.514. The van der Waals surface area contributed by atoms with Crippen molar-refractivity contribution in [2.24, 2.45) is 0 Å². The van der Waals surface area contributed by atoms with E-state index < -0.39 is 15.8 Å². The SMILES string of the molecule is CCc1ccc(C(=O)O)cc1S(=O)(=O)Cc1ccc(Cl)s1. The van der Waals surface area contributed by atoms with Gasteiger partial charge in [0.05, 0.1) is 20.5 Å². The number of aryl methyl sites for hydroxylation is 1. The topological polar surface area (TPSA) is 71.4 Å². The molecule has 0 saturated heterocycles. The maximum Gasteiger partial charge on any atom is 0.335 e. The molecule has 7 heteroatoms. The fraction of sp³-hybridized carbons (Fsp3) is 0.214. The van der Waals surface area contributed by atoms with E-state index in [2.05, 4.69) is 0 Å². The molecule has 0 aliphatic carbocycles.